The van der Waals surface area contributed by atoms with Crippen molar-refractivity contribution in [2.24, 2.45) is 0 Å². The number of imidazole rings is 1. The molecule has 148 valence electrons. The van der Waals surface area contributed by atoms with Crippen molar-refractivity contribution >= 4 is 33.7 Å². The van der Waals surface area contributed by atoms with E-state index in [0.717, 1.165) is 33.1 Å². The highest BCUT2D eigenvalue weighted by molar-refractivity contribution is 5.96. The van der Waals surface area contributed by atoms with Crippen LogP contribution in [0.4, 0.5) is 5.95 Å². The molecular formula is C25H21N3O2. The first-order valence-corrected chi connectivity index (χ1v) is 9.89. The quantitative estimate of drug-likeness (QED) is 0.381. The molecule has 1 atom stereocenters. The van der Waals surface area contributed by atoms with Crippen LogP contribution in [0.1, 0.15) is 18.5 Å². The molecule has 1 N–H and O–H groups in total. The number of rotatable bonds is 4. The van der Waals surface area contributed by atoms with Crippen molar-refractivity contribution in [3.63, 3.8) is 0 Å². The van der Waals surface area contributed by atoms with Gasteiger partial charge in [-0.05, 0) is 35.4 Å². The maximum atomic E-state index is 13.2. The zero-order valence-corrected chi connectivity index (χ0v) is 16.6. The second-order valence-electron chi connectivity index (χ2n) is 7.32. The topological polar surface area (TPSA) is 56.1 Å². The standard InChI is InChI=1S/C25H21N3O2/c1-3-15-30-24(29)22-16(2)26-25-27-20-13-6-7-14-21(20)28(25)23(22)19-12-8-10-17-9-4-5-11-18(17)19/h3-14,23H,1,15H2,2H3,(H,26,27)/t23-/m1/s1. The molecule has 2 heterocycles. The zero-order chi connectivity index (χ0) is 20.7. The van der Waals surface area contributed by atoms with Crippen LogP contribution >= 0.6 is 0 Å². The van der Waals surface area contributed by atoms with Crippen LogP contribution in [-0.2, 0) is 9.53 Å². The summed E-state index contributed by atoms with van der Waals surface area (Å²) < 4.78 is 7.57. The number of nitrogens with one attached hydrogen (secondary N) is 1. The first kappa shape index (κ1) is 18.2. The van der Waals surface area contributed by atoms with Gasteiger partial charge in [-0.15, -0.1) is 0 Å². The molecule has 0 bridgehead atoms. The van der Waals surface area contributed by atoms with Crippen LogP contribution in [-0.4, -0.2) is 22.1 Å². The van der Waals surface area contributed by atoms with Crippen molar-refractivity contribution in [2.45, 2.75) is 13.0 Å². The molecular weight excluding hydrogens is 374 g/mol. The number of hydrogen-bond acceptors (Lipinski definition) is 4. The van der Waals surface area contributed by atoms with E-state index in [1.165, 1.54) is 0 Å². The second kappa shape index (κ2) is 7.19. The van der Waals surface area contributed by atoms with E-state index in [-0.39, 0.29) is 18.6 Å². The summed E-state index contributed by atoms with van der Waals surface area (Å²) in [5.74, 6) is 0.355. The normalized spacial score (nSPS) is 15.7. The SMILES string of the molecule is C=CCOC(=O)C1=C(C)Nc2nc3ccccc3n2[C@@H]1c1cccc2ccccc12. The summed E-state index contributed by atoms with van der Waals surface area (Å²) in [7, 11) is 0. The highest BCUT2D eigenvalue weighted by atomic mass is 16.5. The minimum atomic E-state index is -0.364. The van der Waals surface area contributed by atoms with E-state index in [9.17, 15) is 4.79 Å². The largest absolute Gasteiger partial charge is 0.458 e. The van der Waals surface area contributed by atoms with Crippen LogP contribution in [0.15, 0.2) is 90.7 Å². The number of fused-ring (bicyclic) bond motifs is 4. The van der Waals surface area contributed by atoms with Crippen molar-refractivity contribution in [3.05, 3.63) is 96.2 Å². The van der Waals surface area contributed by atoms with Gasteiger partial charge in [-0.2, -0.15) is 0 Å². The van der Waals surface area contributed by atoms with Crippen molar-refractivity contribution in [1.29, 1.82) is 0 Å². The van der Waals surface area contributed by atoms with E-state index in [1.54, 1.807) is 6.08 Å². The molecule has 0 spiro atoms. The molecule has 0 fully saturated rings. The Balaban J connectivity index is 1.81. The van der Waals surface area contributed by atoms with E-state index in [2.05, 4.69) is 40.7 Å². The minimum absolute atomic E-state index is 0.162. The van der Waals surface area contributed by atoms with Gasteiger partial charge in [-0.25, -0.2) is 9.78 Å². The lowest BCUT2D eigenvalue weighted by Gasteiger charge is -2.31. The van der Waals surface area contributed by atoms with Crippen LogP contribution in [0.2, 0.25) is 0 Å². The van der Waals surface area contributed by atoms with E-state index < -0.39 is 0 Å². The Morgan fingerprint density at radius 1 is 1.13 bits per heavy atom. The Kier molecular flexibility index (Phi) is 4.36. The predicted molar refractivity (Wildman–Crippen MR) is 119 cm³/mol. The number of nitrogens with zero attached hydrogens (tertiary/aromatic N) is 2. The number of carbonyl (C=O) groups excluding carboxylic acids is 1. The number of carbonyl (C=O) groups is 1. The number of hydrogen-bond donors (Lipinski definition) is 1. The van der Waals surface area contributed by atoms with Gasteiger partial charge in [0.25, 0.3) is 0 Å². The van der Waals surface area contributed by atoms with Crippen LogP contribution in [0, 0.1) is 0 Å². The molecule has 4 aromatic rings. The molecule has 0 aliphatic carbocycles. The molecule has 3 aromatic carbocycles. The molecule has 1 aromatic heterocycles. The highest BCUT2D eigenvalue weighted by Crippen LogP contribution is 2.41. The van der Waals surface area contributed by atoms with Gasteiger partial charge in [-0.3, -0.25) is 4.57 Å². The summed E-state index contributed by atoms with van der Waals surface area (Å²) in [5, 5.41) is 5.53. The fraction of sp³-hybridized carbons (Fsp3) is 0.120. The van der Waals surface area contributed by atoms with Crippen LogP contribution < -0.4 is 5.32 Å². The Morgan fingerprint density at radius 3 is 2.77 bits per heavy atom. The number of anilines is 1. The lowest BCUT2D eigenvalue weighted by Crippen LogP contribution is -2.29. The minimum Gasteiger partial charge on any atom is -0.458 e. The maximum Gasteiger partial charge on any atom is 0.338 e. The van der Waals surface area contributed by atoms with Gasteiger partial charge in [0.05, 0.1) is 22.6 Å². The van der Waals surface area contributed by atoms with Gasteiger partial charge in [-0.1, -0.05) is 67.3 Å². The zero-order valence-electron chi connectivity index (χ0n) is 16.6. The lowest BCUT2D eigenvalue weighted by atomic mass is 9.91. The van der Waals surface area contributed by atoms with Gasteiger partial charge >= 0.3 is 5.97 Å². The third kappa shape index (κ3) is 2.78. The highest BCUT2D eigenvalue weighted by Gasteiger charge is 2.35. The van der Waals surface area contributed by atoms with Gasteiger partial charge in [0, 0.05) is 5.70 Å². The van der Waals surface area contributed by atoms with Gasteiger partial charge in [0.15, 0.2) is 0 Å². The number of para-hydroxylation sites is 2. The third-order valence-corrected chi connectivity index (χ3v) is 5.50. The van der Waals surface area contributed by atoms with E-state index >= 15 is 0 Å². The average Bonchev–Trinajstić information content (AvgIpc) is 3.14. The second-order valence-corrected chi connectivity index (χ2v) is 7.32. The molecule has 0 unspecified atom stereocenters. The Bertz CT molecular complexity index is 1330. The fourth-order valence-corrected chi connectivity index (χ4v) is 4.22. The van der Waals surface area contributed by atoms with Gasteiger partial charge < -0.3 is 10.1 Å². The molecule has 5 heteroatoms. The predicted octanol–water partition coefficient (Wildman–Crippen LogP) is 5.21. The van der Waals surface area contributed by atoms with Crippen molar-refractivity contribution in [2.75, 3.05) is 11.9 Å². The maximum absolute atomic E-state index is 13.2. The van der Waals surface area contributed by atoms with Crippen molar-refractivity contribution in [1.82, 2.24) is 9.55 Å². The Labute approximate surface area is 174 Å². The summed E-state index contributed by atoms with van der Waals surface area (Å²) in [4.78, 5) is 17.9. The first-order chi connectivity index (χ1) is 14.7. The number of benzene rings is 3. The molecule has 1 aliphatic rings. The number of esters is 1. The first-order valence-electron chi connectivity index (χ1n) is 9.89. The summed E-state index contributed by atoms with van der Waals surface area (Å²) in [6.07, 6.45) is 1.58. The van der Waals surface area contributed by atoms with Crippen LogP contribution in [0.5, 0.6) is 0 Å². The van der Waals surface area contributed by atoms with E-state index in [0.29, 0.717) is 11.5 Å². The molecule has 0 amide bonds. The number of ether oxygens (including phenoxy) is 1. The molecule has 0 radical (unpaired) electrons. The summed E-state index contributed by atoms with van der Waals surface area (Å²) >= 11 is 0. The van der Waals surface area contributed by atoms with Crippen LogP contribution in [0.3, 0.4) is 0 Å². The molecule has 5 nitrogen and oxygen atoms in total. The lowest BCUT2D eigenvalue weighted by molar-refractivity contribution is -0.138. The Morgan fingerprint density at radius 2 is 1.90 bits per heavy atom. The Hall–Kier alpha value is -3.86. The fourth-order valence-electron chi connectivity index (χ4n) is 4.22. The number of allylic oxidation sites excluding steroid dienone is 1. The van der Waals surface area contributed by atoms with Gasteiger partial charge in [0.2, 0.25) is 5.95 Å². The molecule has 30 heavy (non-hydrogen) atoms. The number of aromatic nitrogens is 2. The monoisotopic (exact) mass is 395 g/mol. The van der Waals surface area contributed by atoms with Crippen molar-refractivity contribution < 1.29 is 9.53 Å². The smallest absolute Gasteiger partial charge is 0.338 e. The molecule has 0 saturated carbocycles. The molecule has 0 saturated heterocycles. The third-order valence-electron chi connectivity index (χ3n) is 5.50. The molecule has 5 rings (SSSR count). The summed E-state index contributed by atoms with van der Waals surface area (Å²) in [6, 6.07) is 22.0. The van der Waals surface area contributed by atoms with Crippen molar-refractivity contribution in [3.8, 4) is 0 Å². The van der Waals surface area contributed by atoms with E-state index in [4.69, 9.17) is 9.72 Å². The summed E-state index contributed by atoms with van der Waals surface area (Å²) in [6.45, 7) is 5.72. The van der Waals surface area contributed by atoms with Gasteiger partial charge in [0.1, 0.15) is 6.61 Å². The van der Waals surface area contributed by atoms with E-state index in [1.807, 2.05) is 49.4 Å². The average molecular weight is 395 g/mol. The van der Waals surface area contributed by atoms with Crippen LogP contribution in [0.25, 0.3) is 21.8 Å². The molecule has 1 aliphatic heterocycles. The summed E-state index contributed by atoms with van der Waals surface area (Å²) in [5.41, 5.74) is 4.18.